The van der Waals surface area contributed by atoms with Gasteiger partial charge in [0, 0.05) is 25.4 Å². The molecule has 3 aromatic rings. The number of aromatic carboxylic acids is 1. The molecular weight excluding hydrogens is 504 g/mol. The van der Waals surface area contributed by atoms with Crippen LogP contribution in [0.4, 0.5) is 17.7 Å². The van der Waals surface area contributed by atoms with Gasteiger partial charge in [-0.1, -0.05) is 34.7 Å². The minimum atomic E-state index is -4.89. The van der Waals surface area contributed by atoms with Crippen molar-refractivity contribution in [2.45, 2.75) is 25.9 Å². The Labute approximate surface area is 197 Å². The molecule has 0 aliphatic rings. The van der Waals surface area contributed by atoms with Gasteiger partial charge in [-0.15, -0.1) is 0 Å². The predicted molar refractivity (Wildman–Crippen MR) is 116 cm³/mol. The molecule has 0 saturated heterocycles. The van der Waals surface area contributed by atoms with E-state index < -0.39 is 45.1 Å². The number of H-pyrrole nitrogens is 1. The third kappa shape index (κ3) is 5.77. The molecule has 0 spiro atoms. The molecule has 2 heterocycles. The fourth-order valence-electron chi connectivity index (χ4n) is 2.88. The summed E-state index contributed by atoms with van der Waals surface area (Å²) in [5.41, 5.74) is -6.08. The number of alkyl halides is 3. The van der Waals surface area contributed by atoms with Crippen LogP contribution in [0.1, 0.15) is 41.4 Å². The van der Waals surface area contributed by atoms with Crippen molar-refractivity contribution in [1.29, 1.82) is 0 Å². The van der Waals surface area contributed by atoms with Gasteiger partial charge in [-0.25, -0.2) is 19.0 Å². The molecule has 0 aliphatic carbocycles. The first-order valence-electron chi connectivity index (χ1n) is 9.52. The van der Waals surface area contributed by atoms with E-state index in [-0.39, 0.29) is 32.8 Å². The molecule has 0 fully saturated rings. The molecule has 15 heteroatoms. The first-order chi connectivity index (χ1) is 16.1. The van der Waals surface area contributed by atoms with Crippen molar-refractivity contribution in [3.8, 4) is 5.69 Å². The van der Waals surface area contributed by atoms with Gasteiger partial charge in [0.05, 0.1) is 16.3 Å². The van der Waals surface area contributed by atoms with Crippen molar-refractivity contribution in [3.63, 3.8) is 0 Å². The summed E-state index contributed by atoms with van der Waals surface area (Å²) in [6.07, 6.45) is -3.80. The highest BCUT2D eigenvalue weighted by Crippen LogP contribution is 2.31. The van der Waals surface area contributed by atoms with Gasteiger partial charge in [-0.3, -0.25) is 14.2 Å². The summed E-state index contributed by atoms with van der Waals surface area (Å²) in [4.78, 5) is 57.8. The minimum absolute atomic E-state index is 0.0620. The van der Waals surface area contributed by atoms with E-state index in [9.17, 15) is 46.7 Å². The molecule has 0 unspecified atom stereocenters. The van der Waals surface area contributed by atoms with Gasteiger partial charge in [0.15, 0.2) is 0 Å². The Bertz CT molecular complexity index is 1490. The Morgan fingerprint density at radius 1 is 1.09 bits per heavy atom. The Morgan fingerprint density at radius 2 is 1.69 bits per heavy atom. The van der Waals surface area contributed by atoms with Gasteiger partial charge in [-0.05, 0) is 23.6 Å². The number of aromatic amines is 1. The molecule has 188 valence electrons. The van der Waals surface area contributed by atoms with E-state index in [0.717, 1.165) is 25.4 Å². The lowest BCUT2D eigenvalue weighted by Crippen LogP contribution is -2.40. The summed E-state index contributed by atoms with van der Waals surface area (Å²) >= 11 is 6.05. The molecule has 0 amide bonds. The highest BCUT2D eigenvalue weighted by Gasteiger charge is 2.35. The lowest BCUT2D eigenvalue weighted by molar-refractivity contribution is -0.144. The van der Waals surface area contributed by atoms with Gasteiger partial charge in [0.2, 0.25) is 0 Å². The maximum Gasteiger partial charge on any atom is 0.431 e. The van der Waals surface area contributed by atoms with Gasteiger partial charge in [-0.2, -0.15) is 13.2 Å². The van der Waals surface area contributed by atoms with E-state index in [0.29, 0.717) is 10.1 Å². The van der Waals surface area contributed by atoms with Crippen LogP contribution in [0.5, 0.6) is 0 Å². The molecular formula is C20H17ClF4N4O6. The number of hydrogen-bond donors (Lipinski definition) is 2. The quantitative estimate of drug-likeness (QED) is 0.509. The van der Waals surface area contributed by atoms with Crippen molar-refractivity contribution >= 4 is 17.6 Å². The van der Waals surface area contributed by atoms with Gasteiger partial charge < -0.3 is 10.1 Å². The molecule has 35 heavy (non-hydrogen) atoms. The summed E-state index contributed by atoms with van der Waals surface area (Å²) in [6.45, 7) is 3.43. The van der Waals surface area contributed by atoms with Crippen LogP contribution in [-0.4, -0.2) is 30.0 Å². The zero-order valence-corrected chi connectivity index (χ0v) is 18.9. The third-order valence-electron chi connectivity index (χ3n) is 4.61. The summed E-state index contributed by atoms with van der Waals surface area (Å²) < 4.78 is 51.5. The maximum atomic E-state index is 12.9. The fraction of sp³-hybridized carbons (Fsp3) is 0.250. The Morgan fingerprint density at radius 3 is 2.14 bits per heavy atom. The van der Waals surface area contributed by atoms with Gasteiger partial charge in [0.25, 0.3) is 11.1 Å². The number of carboxylic acid groups (broad SMARTS) is 1. The average Bonchev–Trinajstić information content (AvgIpc) is 2.74. The van der Waals surface area contributed by atoms with E-state index in [2.05, 4.69) is 0 Å². The van der Waals surface area contributed by atoms with Crippen LogP contribution in [0, 0.1) is 0 Å². The zero-order chi connectivity index (χ0) is 26.8. The number of carbonyl (C=O) groups is 1. The fourth-order valence-corrected chi connectivity index (χ4v) is 3.29. The second-order valence-corrected chi connectivity index (χ2v) is 7.68. The Kier molecular flexibility index (Phi) is 7.90. The first-order valence-corrected chi connectivity index (χ1v) is 9.90. The van der Waals surface area contributed by atoms with Crippen LogP contribution in [0.25, 0.3) is 5.69 Å². The Hall–Kier alpha value is -3.94. The predicted octanol–water partition coefficient (Wildman–Crippen LogP) is 2.30. The lowest BCUT2D eigenvalue weighted by atomic mass is 9.99. The zero-order valence-electron chi connectivity index (χ0n) is 18.2. The van der Waals surface area contributed by atoms with E-state index in [1.165, 1.54) is 6.07 Å². The second kappa shape index (κ2) is 10.1. The second-order valence-electron chi connectivity index (χ2n) is 7.30. The van der Waals surface area contributed by atoms with Crippen LogP contribution in [0.2, 0.25) is 5.02 Å². The van der Waals surface area contributed by atoms with Crippen molar-refractivity contribution in [3.05, 3.63) is 94.0 Å². The molecule has 3 rings (SSSR count). The van der Waals surface area contributed by atoms with Crippen molar-refractivity contribution in [2.24, 2.45) is 7.05 Å². The van der Waals surface area contributed by atoms with Crippen LogP contribution in [-0.2, 0) is 13.2 Å². The number of aromatic nitrogens is 4. The van der Waals surface area contributed by atoms with Crippen LogP contribution >= 0.6 is 11.6 Å². The molecule has 0 radical (unpaired) electrons. The average molecular weight is 521 g/mol. The van der Waals surface area contributed by atoms with Gasteiger partial charge >= 0.3 is 23.5 Å². The first kappa shape index (κ1) is 27.3. The number of rotatable bonds is 3. The largest absolute Gasteiger partial charge is 0.478 e. The summed E-state index contributed by atoms with van der Waals surface area (Å²) in [6, 6.07) is 3.50. The van der Waals surface area contributed by atoms with Crippen molar-refractivity contribution in [1.82, 2.24) is 18.9 Å². The van der Waals surface area contributed by atoms with Crippen molar-refractivity contribution < 1.29 is 27.6 Å². The SMILES string of the molecule is CC(C)c1cc(-n2c(=O)cc(C(F)(F)F)n(C)c2=O)cc(C(=O)O)c1Cl.O=c1cc[nH]c(=O)n1F. The molecule has 2 aromatic heterocycles. The number of carboxylic acids is 1. The van der Waals surface area contributed by atoms with Crippen LogP contribution < -0.4 is 22.5 Å². The number of benzene rings is 1. The molecule has 2 N–H and O–H groups in total. The molecule has 0 bridgehead atoms. The highest BCUT2D eigenvalue weighted by atomic mass is 35.5. The standard InChI is InChI=1S/C16H14ClF3N2O4.C4H3FN2O2/c1-7(2)9-4-8(5-10(13(9)17)14(24)25)22-12(23)6-11(16(18,19)20)21(3)15(22)26;5-7-3(8)1-2-6-4(7)9/h4-7H,1-3H3,(H,24,25);1-2H,(H,6,9). The van der Waals surface area contributed by atoms with Crippen LogP contribution in [0.3, 0.4) is 0 Å². The molecule has 0 saturated carbocycles. The van der Waals surface area contributed by atoms with E-state index in [4.69, 9.17) is 11.6 Å². The number of nitrogens with zero attached hydrogens (tertiary/aromatic N) is 3. The summed E-state index contributed by atoms with van der Waals surface area (Å²) in [5, 5.41) is 9.22. The topological polar surface area (TPSA) is 136 Å². The van der Waals surface area contributed by atoms with E-state index >= 15 is 0 Å². The smallest absolute Gasteiger partial charge is 0.431 e. The summed E-state index contributed by atoms with van der Waals surface area (Å²) in [7, 11) is 0.873. The van der Waals surface area contributed by atoms with E-state index in [1.807, 2.05) is 4.98 Å². The van der Waals surface area contributed by atoms with Crippen molar-refractivity contribution in [2.75, 3.05) is 0 Å². The number of hydrogen-bond acceptors (Lipinski definition) is 5. The maximum absolute atomic E-state index is 12.9. The van der Waals surface area contributed by atoms with E-state index in [1.54, 1.807) is 13.8 Å². The minimum Gasteiger partial charge on any atom is -0.478 e. The monoisotopic (exact) mass is 520 g/mol. The Balaban J connectivity index is 0.000000402. The third-order valence-corrected chi connectivity index (χ3v) is 5.03. The lowest BCUT2D eigenvalue weighted by Gasteiger charge is -2.17. The molecule has 1 aromatic carbocycles. The normalized spacial score (nSPS) is 11.2. The summed E-state index contributed by atoms with van der Waals surface area (Å²) in [5.74, 6) is -1.65. The molecule has 10 nitrogen and oxygen atoms in total. The highest BCUT2D eigenvalue weighted by molar-refractivity contribution is 6.34. The molecule has 0 atom stereocenters. The number of nitrogens with one attached hydrogen (secondary N) is 1. The van der Waals surface area contributed by atoms with Crippen LogP contribution in [0.15, 0.2) is 49.6 Å². The molecule has 0 aliphatic heterocycles. The van der Waals surface area contributed by atoms with Gasteiger partial charge in [0.1, 0.15) is 5.69 Å². The number of halogens is 5.